The number of nitrogens with one attached hydrogen (secondary N) is 1. The zero-order chi connectivity index (χ0) is 7.98. The molecule has 0 saturated heterocycles. The standard InChI is InChI=1S/C5H11NO3S.K/c1-10-3-2-4(6-9)5(7)8;/h4,6,9H,2-3H2,1H3,(H,7,8);/t4-;/m0./s1. The molecule has 0 fully saturated rings. The Labute approximate surface area is 112 Å². The summed E-state index contributed by atoms with van der Waals surface area (Å²) in [6.45, 7) is 0. The predicted molar refractivity (Wildman–Crippen MR) is 45.1 cm³/mol. The van der Waals surface area contributed by atoms with Crippen molar-refractivity contribution in [1.29, 1.82) is 0 Å². The van der Waals surface area contributed by atoms with E-state index in [0.717, 1.165) is 5.75 Å². The normalized spacial score (nSPS) is 11.8. The van der Waals surface area contributed by atoms with Gasteiger partial charge in [-0.3, -0.25) is 4.79 Å². The molecular weight excluding hydrogens is 193 g/mol. The fourth-order valence-corrected chi connectivity index (χ4v) is 0.950. The number of carboxylic acids is 1. The van der Waals surface area contributed by atoms with Gasteiger partial charge in [0, 0.05) is 51.4 Å². The van der Waals surface area contributed by atoms with E-state index in [4.69, 9.17) is 10.3 Å². The third-order valence-electron chi connectivity index (χ3n) is 1.06. The van der Waals surface area contributed by atoms with E-state index in [0.29, 0.717) is 6.42 Å². The van der Waals surface area contributed by atoms with Crippen molar-refractivity contribution in [2.45, 2.75) is 12.5 Å². The fraction of sp³-hybridized carbons (Fsp3) is 0.800. The maximum absolute atomic E-state index is 10.2. The molecule has 0 saturated carbocycles. The van der Waals surface area contributed by atoms with Crippen molar-refractivity contribution in [1.82, 2.24) is 5.48 Å². The van der Waals surface area contributed by atoms with Gasteiger partial charge in [-0.2, -0.15) is 17.2 Å². The molecule has 11 heavy (non-hydrogen) atoms. The molecule has 1 atom stereocenters. The molecule has 0 bridgehead atoms. The number of hydrogen-bond acceptors (Lipinski definition) is 4. The number of carbonyl (C=O) groups is 1. The van der Waals surface area contributed by atoms with E-state index in [-0.39, 0.29) is 51.4 Å². The summed E-state index contributed by atoms with van der Waals surface area (Å²) in [6, 6.07) is -0.826. The molecule has 0 aliphatic heterocycles. The van der Waals surface area contributed by atoms with Gasteiger partial charge in [0.1, 0.15) is 6.04 Å². The Morgan fingerprint density at radius 3 is 2.55 bits per heavy atom. The van der Waals surface area contributed by atoms with E-state index in [9.17, 15) is 4.79 Å². The minimum atomic E-state index is -1.02. The molecule has 6 heteroatoms. The third-order valence-corrected chi connectivity index (χ3v) is 1.71. The Bertz CT molecular complexity index is 114. The summed E-state index contributed by atoms with van der Waals surface area (Å²) >= 11 is 1.55. The maximum atomic E-state index is 10.2. The van der Waals surface area contributed by atoms with Crippen LogP contribution in [-0.4, -0.2) is 85.7 Å². The minimum absolute atomic E-state index is 0. The van der Waals surface area contributed by atoms with E-state index in [1.807, 2.05) is 6.26 Å². The van der Waals surface area contributed by atoms with Crippen molar-refractivity contribution in [2.24, 2.45) is 0 Å². The van der Waals surface area contributed by atoms with Crippen molar-refractivity contribution in [3.8, 4) is 0 Å². The van der Waals surface area contributed by atoms with Crippen molar-refractivity contribution < 1.29 is 15.1 Å². The van der Waals surface area contributed by atoms with Crippen molar-refractivity contribution in [2.75, 3.05) is 12.0 Å². The van der Waals surface area contributed by atoms with Gasteiger partial charge in [-0.15, -0.1) is 0 Å². The van der Waals surface area contributed by atoms with Gasteiger partial charge in [-0.25, -0.2) is 0 Å². The molecule has 4 nitrogen and oxygen atoms in total. The zero-order valence-corrected chi connectivity index (χ0v) is 10.6. The Kier molecular flexibility index (Phi) is 12.8. The molecule has 0 heterocycles. The molecule has 0 aromatic rings. The molecule has 0 aliphatic rings. The van der Waals surface area contributed by atoms with Crippen molar-refractivity contribution in [3.05, 3.63) is 0 Å². The fourth-order valence-electron chi connectivity index (χ4n) is 0.479. The van der Waals surface area contributed by atoms with Crippen molar-refractivity contribution >= 4 is 69.1 Å². The summed E-state index contributed by atoms with van der Waals surface area (Å²) in [7, 11) is 0. The second-order valence-corrected chi connectivity index (χ2v) is 2.79. The first kappa shape index (κ1) is 14.9. The summed E-state index contributed by atoms with van der Waals surface area (Å²) in [5.74, 6) is -0.290. The molecule has 0 aromatic carbocycles. The maximum Gasteiger partial charge on any atom is 0.323 e. The van der Waals surface area contributed by atoms with Gasteiger partial charge in [-0.05, 0) is 18.4 Å². The van der Waals surface area contributed by atoms with Crippen LogP contribution in [-0.2, 0) is 4.79 Å². The molecule has 1 radical (unpaired) electrons. The van der Waals surface area contributed by atoms with Crippen LogP contribution in [0.15, 0.2) is 0 Å². The second kappa shape index (κ2) is 9.46. The summed E-state index contributed by atoms with van der Waals surface area (Å²) in [5, 5.41) is 16.7. The molecule has 0 aromatic heterocycles. The van der Waals surface area contributed by atoms with E-state index >= 15 is 0 Å². The molecular formula is C5H11KNO3S. The van der Waals surface area contributed by atoms with Gasteiger partial charge in [0.2, 0.25) is 0 Å². The van der Waals surface area contributed by atoms with E-state index in [1.165, 1.54) is 0 Å². The molecule has 0 aliphatic carbocycles. The average Bonchev–Trinajstić information content (AvgIpc) is 1.89. The monoisotopic (exact) mass is 204 g/mol. The Balaban J connectivity index is 0. The van der Waals surface area contributed by atoms with Crippen molar-refractivity contribution in [3.63, 3.8) is 0 Å². The minimum Gasteiger partial charge on any atom is -0.480 e. The van der Waals surface area contributed by atoms with Crippen LogP contribution in [0.1, 0.15) is 6.42 Å². The van der Waals surface area contributed by atoms with Crippen LogP contribution in [0.25, 0.3) is 0 Å². The number of hydrogen-bond donors (Lipinski definition) is 3. The average molecular weight is 204 g/mol. The Morgan fingerprint density at radius 2 is 2.27 bits per heavy atom. The molecule has 0 spiro atoms. The largest absolute Gasteiger partial charge is 0.480 e. The van der Waals surface area contributed by atoms with Crippen LogP contribution in [0.3, 0.4) is 0 Å². The first-order valence-electron chi connectivity index (χ1n) is 2.83. The zero-order valence-electron chi connectivity index (χ0n) is 6.70. The summed E-state index contributed by atoms with van der Waals surface area (Å²) < 4.78 is 0. The van der Waals surface area contributed by atoms with Crippen LogP contribution in [0.4, 0.5) is 0 Å². The van der Waals surface area contributed by atoms with Gasteiger partial charge >= 0.3 is 5.97 Å². The molecule has 0 unspecified atom stereocenters. The van der Waals surface area contributed by atoms with Crippen LogP contribution in [0, 0.1) is 0 Å². The quantitative estimate of drug-likeness (QED) is 0.427. The molecule has 3 N–H and O–H groups in total. The second-order valence-electron chi connectivity index (χ2n) is 1.80. The van der Waals surface area contributed by atoms with Gasteiger partial charge in [-0.1, -0.05) is 0 Å². The summed E-state index contributed by atoms with van der Waals surface area (Å²) in [5.41, 5.74) is 1.72. The van der Waals surface area contributed by atoms with E-state index in [1.54, 1.807) is 17.2 Å². The van der Waals surface area contributed by atoms with Gasteiger partial charge in [0.15, 0.2) is 0 Å². The van der Waals surface area contributed by atoms with E-state index < -0.39 is 12.0 Å². The SMILES string of the molecule is CSCC[C@H](NO)C(=O)O.[K]. The van der Waals surface area contributed by atoms with Gasteiger partial charge < -0.3 is 10.3 Å². The smallest absolute Gasteiger partial charge is 0.323 e. The molecule has 61 valence electrons. The first-order valence-corrected chi connectivity index (χ1v) is 4.23. The van der Waals surface area contributed by atoms with E-state index in [2.05, 4.69) is 0 Å². The van der Waals surface area contributed by atoms with Crippen LogP contribution < -0.4 is 5.48 Å². The Hall–Kier alpha value is 1.38. The number of hydroxylamine groups is 1. The van der Waals surface area contributed by atoms with Gasteiger partial charge in [0.25, 0.3) is 0 Å². The number of carboxylic acid groups (broad SMARTS) is 1. The van der Waals surface area contributed by atoms with Gasteiger partial charge in [0.05, 0.1) is 0 Å². The summed E-state index contributed by atoms with van der Waals surface area (Å²) in [4.78, 5) is 10.2. The first-order chi connectivity index (χ1) is 4.72. The number of rotatable bonds is 5. The van der Waals surface area contributed by atoms with Crippen LogP contribution in [0.2, 0.25) is 0 Å². The number of thioether (sulfide) groups is 1. The third kappa shape index (κ3) is 7.73. The summed E-state index contributed by atoms with van der Waals surface area (Å²) in [6.07, 6.45) is 2.32. The van der Waals surface area contributed by atoms with Crippen LogP contribution in [0.5, 0.6) is 0 Å². The molecule has 0 amide bonds. The van der Waals surface area contributed by atoms with Crippen LogP contribution >= 0.6 is 11.8 Å². The Morgan fingerprint density at radius 1 is 1.73 bits per heavy atom. The molecule has 0 rings (SSSR count). The topological polar surface area (TPSA) is 69.6 Å². The number of aliphatic carboxylic acids is 1. The predicted octanol–water partition coefficient (Wildman–Crippen LogP) is -0.209.